The number of esters is 1. The molecule has 2 rings (SSSR count). The van der Waals surface area contributed by atoms with E-state index in [4.69, 9.17) is 10.5 Å². The van der Waals surface area contributed by atoms with Crippen molar-refractivity contribution in [3.05, 3.63) is 17.8 Å². The van der Waals surface area contributed by atoms with Crippen molar-refractivity contribution in [1.29, 1.82) is 0 Å². The molecule has 1 fully saturated rings. The minimum atomic E-state index is -0.419. The monoisotopic (exact) mass is 277 g/mol. The van der Waals surface area contributed by atoms with Crippen LogP contribution in [0, 0.1) is 5.92 Å². The third kappa shape index (κ3) is 3.21. The van der Waals surface area contributed by atoms with Gasteiger partial charge in [-0.25, -0.2) is 9.78 Å². The molecule has 0 radical (unpaired) electrons. The number of carbonyl (C=O) groups excluding carboxylic acids is 1. The zero-order valence-electron chi connectivity index (χ0n) is 12.3. The van der Waals surface area contributed by atoms with Crippen LogP contribution in [-0.2, 0) is 4.74 Å². The van der Waals surface area contributed by atoms with Gasteiger partial charge in [-0.1, -0.05) is 19.3 Å². The lowest BCUT2D eigenvalue weighted by molar-refractivity contribution is 0.0602. The highest BCUT2D eigenvalue weighted by Crippen LogP contribution is 2.28. The van der Waals surface area contributed by atoms with E-state index < -0.39 is 5.97 Å². The van der Waals surface area contributed by atoms with Crippen LogP contribution in [0.5, 0.6) is 0 Å². The molecule has 5 heteroatoms. The first-order valence-electron chi connectivity index (χ1n) is 7.17. The first-order chi connectivity index (χ1) is 9.63. The van der Waals surface area contributed by atoms with Crippen LogP contribution in [0.25, 0.3) is 0 Å². The van der Waals surface area contributed by atoms with E-state index in [1.165, 1.54) is 39.2 Å². The number of hydrogen-bond acceptors (Lipinski definition) is 5. The lowest BCUT2D eigenvalue weighted by atomic mass is 9.89. The Labute approximate surface area is 120 Å². The van der Waals surface area contributed by atoms with E-state index >= 15 is 0 Å². The Hall–Kier alpha value is -1.78. The van der Waals surface area contributed by atoms with Crippen LogP contribution in [0.1, 0.15) is 42.5 Å². The Morgan fingerprint density at radius 1 is 1.45 bits per heavy atom. The average Bonchev–Trinajstić information content (AvgIpc) is 2.47. The third-order valence-corrected chi connectivity index (χ3v) is 3.99. The van der Waals surface area contributed by atoms with Crippen LogP contribution < -0.4 is 10.6 Å². The van der Waals surface area contributed by atoms with Gasteiger partial charge >= 0.3 is 5.97 Å². The minimum Gasteiger partial charge on any atom is -0.465 e. The van der Waals surface area contributed by atoms with Crippen molar-refractivity contribution < 1.29 is 9.53 Å². The highest BCUT2D eigenvalue weighted by Gasteiger charge is 2.20. The van der Waals surface area contributed by atoms with E-state index in [1.54, 1.807) is 12.3 Å². The van der Waals surface area contributed by atoms with Gasteiger partial charge in [-0.15, -0.1) is 0 Å². The summed E-state index contributed by atoms with van der Waals surface area (Å²) in [6, 6.07) is 1.60. The molecule has 0 spiro atoms. The fourth-order valence-electron chi connectivity index (χ4n) is 2.90. The lowest BCUT2D eigenvalue weighted by Crippen LogP contribution is -2.28. The highest BCUT2D eigenvalue weighted by molar-refractivity contribution is 5.97. The molecule has 1 saturated carbocycles. The number of rotatable bonds is 4. The Kier molecular flexibility index (Phi) is 4.82. The maximum absolute atomic E-state index is 11.7. The molecule has 0 atom stereocenters. The largest absolute Gasteiger partial charge is 0.465 e. The van der Waals surface area contributed by atoms with Gasteiger partial charge in [0.15, 0.2) is 5.82 Å². The van der Waals surface area contributed by atoms with Crippen molar-refractivity contribution >= 4 is 17.5 Å². The minimum absolute atomic E-state index is 0.382. The van der Waals surface area contributed by atoms with E-state index in [2.05, 4.69) is 9.88 Å². The molecule has 1 aromatic rings. The standard InChI is InChI=1S/C15H23N3O2/c1-18(10-11-6-4-3-5-7-11)14-13(16)12(8-9-17-14)15(19)20-2/h8-9,11H,3-7,10,16H2,1-2H3. The number of nitrogen functional groups attached to an aromatic ring is 1. The highest BCUT2D eigenvalue weighted by atomic mass is 16.5. The number of hydrogen-bond donors (Lipinski definition) is 1. The van der Waals surface area contributed by atoms with E-state index in [0.29, 0.717) is 23.0 Å². The third-order valence-electron chi connectivity index (χ3n) is 3.99. The smallest absolute Gasteiger partial charge is 0.340 e. The fraction of sp³-hybridized carbons (Fsp3) is 0.600. The van der Waals surface area contributed by atoms with E-state index in [9.17, 15) is 4.79 Å². The van der Waals surface area contributed by atoms with Crippen LogP contribution in [0.3, 0.4) is 0 Å². The number of ether oxygens (including phenoxy) is 1. The van der Waals surface area contributed by atoms with Crippen molar-refractivity contribution in [2.75, 3.05) is 31.3 Å². The summed E-state index contributed by atoms with van der Waals surface area (Å²) < 4.78 is 4.74. The number of nitrogens with zero attached hydrogens (tertiary/aromatic N) is 2. The maximum Gasteiger partial charge on any atom is 0.340 e. The molecule has 1 aromatic heterocycles. The molecule has 20 heavy (non-hydrogen) atoms. The molecule has 0 saturated heterocycles. The topological polar surface area (TPSA) is 68.5 Å². The Morgan fingerprint density at radius 2 is 2.15 bits per heavy atom. The van der Waals surface area contributed by atoms with Crippen molar-refractivity contribution in [1.82, 2.24) is 4.98 Å². The van der Waals surface area contributed by atoms with Crippen molar-refractivity contribution in [3.63, 3.8) is 0 Å². The summed E-state index contributed by atoms with van der Waals surface area (Å²) in [5.74, 6) is 0.937. The molecule has 0 amide bonds. The van der Waals surface area contributed by atoms with Gasteiger partial charge in [0.1, 0.15) is 0 Å². The van der Waals surface area contributed by atoms with Crippen LogP contribution in [0.4, 0.5) is 11.5 Å². The molecular formula is C15H23N3O2. The van der Waals surface area contributed by atoms with Crippen molar-refractivity contribution in [3.8, 4) is 0 Å². The van der Waals surface area contributed by atoms with E-state index in [0.717, 1.165) is 6.54 Å². The first kappa shape index (κ1) is 14.6. The fourth-order valence-corrected chi connectivity index (χ4v) is 2.90. The summed E-state index contributed by atoms with van der Waals surface area (Å²) in [4.78, 5) is 18.0. The molecule has 1 aliphatic rings. The van der Waals surface area contributed by atoms with Gasteiger partial charge in [-0.05, 0) is 24.8 Å². The van der Waals surface area contributed by atoms with Crippen molar-refractivity contribution in [2.24, 2.45) is 5.92 Å². The molecular weight excluding hydrogens is 254 g/mol. The Bertz CT molecular complexity index is 470. The number of carbonyl (C=O) groups is 1. The SMILES string of the molecule is COC(=O)c1ccnc(N(C)CC2CCCCC2)c1N. The summed E-state index contributed by atoms with van der Waals surface area (Å²) in [6.07, 6.45) is 8.10. The van der Waals surface area contributed by atoms with E-state index in [-0.39, 0.29) is 0 Å². The molecule has 2 N–H and O–H groups in total. The van der Waals surface area contributed by atoms with Crippen LogP contribution in [0.2, 0.25) is 0 Å². The van der Waals surface area contributed by atoms with Gasteiger partial charge in [-0.3, -0.25) is 0 Å². The van der Waals surface area contributed by atoms with Crippen LogP contribution >= 0.6 is 0 Å². The Morgan fingerprint density at radius 3 is 2.80 bits per heavy atom. The lowest BCUT2D eigenvalue weighted by Gasteiger charge is -2.28. The number of methoxy groups -OCH3 is 1. The second-order valence-electron chi connectivity index (χ2n) is 5.47. The zero-order chi connectivity index (χ0) is 14.5. The normalized spacial score (nSPS) is 15.9. The zero-order valence-corrected chi connectivity index (χ0v) is 12.3. The van der Waals surface area contributed by atoms with Gasteiger partial charge < -0.3 is 15.4 Å². The summed E-state index contributed by atoms with van der Waals surface area (Å²) in [6.45, 7) is 0.932. The summed E-state index contributed by atoms with van der Waals surface area (Å²) in [7, 11) is 3.34. The number of nitrogens with two attached hydrogens (primary N) is 1. The Balaban J connectivity index is 2.12. The van der Waals surface area contributed by atoms with Gasteiger partial charge in [0.05, 0.1) is 18.4 Å². The molecule has 110 valence electrons. The second-order valence-corrected chi connectivity index (χ2v) is 5.47. The molecule has 1 heterocycles. The molecule has 0 aromatic carbocycles. The number of anilines is 2. The molecule has 5 nitrogen and oxygen atoms in total. The maximum atomic E-state index is 11.7. The molecule has 0 aliphatic heterocycles. The summed E-state index contributed by atoms with van der Waals surface area (Å²) >= 11 is 0. The predicted octanol–water partition coefficient (Wildman–Crippen LogP) is 2.47. The second kappa shape index (κ2) is 6.59. The molecule has 0 unspecified atom stereocenters. The average molecular weight is 277 g/mol. The van der Waals surface area contributed by atoms with Gasteiger partial charge in [0, 0.05) is 19.8 Å². The van der Waals surface area contributed by atoms with Crippen molar-refractivity contribution in [2.45, 2.75) is 32.1 Å². The predicted molar refractivity (Wildman–Crippen MR) is 79.8 cm³/mol. The van der Waals surface area contributed by atoms with Gasteiger partial charge in [-0.2, -0.15) is 0 Å². The number of aromatic nitrogens is 1. The first-order valence-corrected chi connectivity index (χ1v) is 7.17. The number of pyridine rings is 1. The summed E-state index contributed by atoms with van der Waals surface area (Å²) in [5, 5.41) is 0. The van der Waals surface area contributed by atoms with Crippen LogP contribution in [0.15, 0.2) is 12.3 Å². The van der Waals surface area contributed by atoms with Crippen LogP contribution in [-0.4, -0.2) is 31.7 Å². The van der Waals surface area contributed by atoms with Gasteiger partial charge in [0.25, 0.3) is 0 Å². The summed E-state index contributed by atoms with van der Waals surface area (Å²) in [5.41, 5.74) is 6.84. The molecule has 0 bridgehead atoms. The van der Waals surface area contributed by atoms with Gasteiger partial charge in [0.2, 0.25) is 0 Å². The quantitative estimate of drug-likeness (QED) is 0.856. The molecule has 1 aliphatic carbocycles. The van der Waals surface area contributed by atoms with E-state index in [1.807, 2.05) is 7.05 Å².